The van der Waals surface area contributed by atoms with Gasteiger partial charge in [-0.25, -0.2) is 9.78 Å². The number of hydrogen-bond donors (Lipinski definition) is 3. The molecule has 1 fully saturated rings. The summed E-state index contributed by atoms with van der Waals surface area (Å²) in [5, 5.41) is 8.16. The van der Waals surface area contributed by atoms with Crippen molar-refractivity contribution in [1.29, 1.82) is 0 Å². The van der Waals surface area contributed by atoms with Gasteiger partial charge >= 0.3 is 6.03 Å². The SMILES string of the molecule is Nc1nc(CCCNC(=O)Nc2ccc(OCC3CCCO3)cc2)cs1. The minimum Gasteiger partial charge on any atom is -0.491 e. The minimum atomic E-state index is -0.226. The van der Waals surface area contributed by atoms with Crippen LogP contribution in [0.25, 0.3) is 0 Å². The number of urea groups is 1. The van der Waals surface area contributed by atoms with E-state index in [-0.39, 0.29) is 12.1 Å². The summed E-state index contributed by atoms with van der Waals surface area (Å²) in [6, 6.07) is 7.11. The van der Waals surface area contributed by atoms with Crippen LogP contribution in [-0.4, -0.2) is 36.9 Å². The van der Waals surface area contributed by atoms with Gasteiger partial charge in [0, 0.05) is 24.2 Å². The summed E-state index contributed by atoms with van der Waals surface area (Å²) in [6.45, 7) is 1.97. The van der Waals surface area contributed by atoms with Crippen molar-refractivity contribution in [2.45, 2.75) is 31.8 Å². The van der Waals surface area contributed by atoms with Gasteiger partial charge in [-0.3, -0.25) is 0 Å². The van der Waals surface area contributed by atoms with Crippen LogP contribution >= 0.6 is 11.3 Å². The van der Waals surface area contributed by atoms with Crippen molar-refractivity contribution in [3.63, 3.8) is 0 Å². The molecule has 8 heteroatoms. The lowest BCUT2D eigenvalue weighted by Gasteiger charge is -2.12. The normalized spacial score (nSPS) is 16.4. The molecule has 2 aromatic rings. The molecule has 3 rings (SSSR count). The Bertz CT molecular complexity index is 699. The number of thiazole rings is 1. The molecule has 0 saturated carbocycles. The highest BCUT2D eigenvalue weighted by atomic mass is 32.1. The van der Waals surface area contributed by atoms with E-state index in [9.17, 15) is 4.79 Å². The van der Waals surface area contributed by atoms with Crippen molar-refractivity contribution < 1.29 is 14.3 Å². The Morgan fingerprint density at radius 3 is 2.92 bits per heavy atom. The summed E-state index contributed by atoms with van der Waals surface area (Å²) in [6.07, 6.45) is 3.95. The van der Waals surface area contributed by atoms with Crippen LogP contribution in [0.3, 0.4) is 0 Å². The fourth-order valence-corrected chi connectivity index (χ4v) is 3.28. The van der Waals surface area contributed by atoms with Gasteiger partial charge in [0.25, 0.3) is 0 Å². The van der Waals surface area contributed by atoms with Gasteiger partial charge in [0.1, 0.15) is 12.4 Å². The molecule has 26 heavy (non-hydrogen) atoms. The first-order valence-corrected chi connectivity index (χ1v) is 9.66. The fraction of sp³-hybridized carbons (Fsp3) is 0.444. The number of ether oxygens (including phenoxy) is 2. The Balaban J connectivity index is 1.33. The Hall–Kier alpha value is -2.32. The predicted molar refractivity (Wildman–Crippen MR) is 103 cm³/mol. The van der Waals surface area contributed by atoms with Crippen LogP contribution in [-0.2, 0) is 11.2 Å². The number of nitrogen functional groups attached to an aromatic ring is 1. The summed E-state index contributed by atoms with van der Waals surface area (Å²) in [5.74, 6) is 0.772. The Morgan fingerprint density at radius 2 is 2.23 bits per heavy atom. The summed E-state index contributed by atoms with van der Waals surface area (Å²) in [5.41, 5.74) is 7.28. The highest BCUT2D eigenvalue weighted by Crippen LogP contribution is 2.18. The zero-order valence-electron chi connectivity index (χ0n) is 14.6. The Kier molecular flexibility index (Phi) is 6.68. The maximum atomic E-state index is 11.9. The number of aryl methyl sites for hydroxylation is 1. The van der Waals surface area contributed by atoms with Crippen molar-refractivity contribution >= 4 is 28.2 Å². The second-order valence-corrected chi connectivity index (χ2v) is 7.02. The van der Waals surface area contributed by atoms with Crippen molar-refractivity contribution in [2.75, 3.05) is 30.8 Å². The molecule has 140 valence electrons. The lowest BCUT2D eigenvalue weighted by atomic mass is 10.2. The minimum absolute atomic E-state index is 0.194. The van der Waals surface area contributed by atoms with Gasteiger partial charge in [-0.1, -0.05) is 0 Å². The first-order valence-electron chi connectivity index (χ1n) is 8.78. The molecule has 2 amide bonds. The van der Waals surface area contributed by atoms with Crippen LogP contribution < -0.4 is 21.1 Å². The molecule has 0 bridgehead atoms. The highest BCUT2D eigenvalue weighted by Gasteiger charge is 2.15. The standard InChI is InChI=1S/C18H24N4O3S/c19-17-21-14(12-26-17)3-1-9-20-18(23)22-13-5-7-15(8-6-13)25-11-16-4-2-10-24-16/h5-8,12,16H,1-4,9-11H2,(H2,19,21)(H2,20,22,23). The van der Waals surface area contributed by atoms with E-state index in [0.29, 0.717) is 18.3 Å². The van der Waals surface area contributed by atoms with Crippen molar-refractivity contribution in [2.24, 2.45) is 0 Å². The Labute approximate surface area is 156 Å². The molecule has 1 unspecified atom stereocenters. The molecule has 1 aliphatic rings. The Morgan fingerprint density at radius 1 is 1.38 bits per heavy atom. The van der Waals surface area contributed by atoms with Gasteiger partial charge in [0.15, 0.2) is 5.13 Å². The van der Waals surface area contributed by atoms with Crippen LogP contribution in [0.5, 0.6) is 5.75 Å². The van der Waals surface area contributed by atoms with E-state index < -0.39 is 0 Å². The molecule has 1 aromatic heterocycles. The molecule has 0 aliphatic carbocycles. The maximum Gasteiger partial charge on any atom is 0.319 e. The second-order valence-electron chi connectivity index (χ2n) is 6.13. The van der Waals surface area contributed by atoms with Crippen LogP contribution in [0, 0.1) is 0 Å². The third kappa shape index (κ3) is 5.89. The fourth-order valence-electron chi connectivity index (χ4n) is 2.68. The molecular weight excluding hydrogens is 352 g/mol. The third-order valence-electron chi connectivity index (χ3n) is 4.04. The molecule has 1 saturated heterocycles. The first kappa shape index (κ1) is 18.5. The molecule has 2 heterocycles. The molecule has 0 spiro atoms. The van der Waals surface area contributed by atoms with Gasteiger partial charge < -0.3 is 25.8 Å². The average Bonchev–Trinajstić information content (AvgIpc) is 3.30. The smallest absolute Gasteiger partial charge is 0.319 e. The number of benzene rings is 1. The van der Waals surface area contributed by atoms with Crippen molar-refractivity contribution in [3.05, 3.63) is 35.3 Å². The van der Waals surface area contributed by atoms with Crippen molar-refractivity contribution in [1.82, 2.24) is 10.3 Å². The van der Waals surface area contributed by atoms with Gasteiger partial charge in [0.2, 0.25) is 0 Å². The topological polar surface area (TPSA) is 98.5 Å². The second kappa shape index (κ2) is 9.40. The number of nitrogens with one attached hydrogen (secondary N) is 2. The summed E-state index contributed by atoms with van der Waals surface area (Å²) < 4.78 is 11.2. The maximum absolute atomic E-state index is 11.9. The van der Waals surface area contributed by atoms with E-state index in [1.165, 1.54) is 11.3 Å². The van der Waals surface area contributed by atoms with Gasteiger partial charge in [0.05, 0.1) is 11.8 Å². The molecular formula is C18H24N4O3S. The van der Waals surface area contributed by atoms with E-state index in [1.807, 2.05) is 29.6 Å². The molecule has 1 aliphatic heterocycles. The van der Waals surface area contributed by atoms with Crippen LogP contribution in [0.2, 0.25) is 0 Å². The number of carbonyl (C=O) groups is 1. The highest BCUT2D eigenvalue weighted by molar-refractivity contribution is 7.13. The monoisotopic (exact) mass is 376 g/mol. The summed E-state index contributed by atoms with van der Waals surface area (Å²) in [7, 11) is 0. The van der Waals surface area contributed by atoms with E-state index >= 15 is 0 Å². The van der Waals surface area contributed by atoms with Crippen LogP contribution in [0.1, 0.15) is 25.0 Å². The van der Waals surface area contributed by atoms with Crippen LogP contribution in [0.15, 0.2) is 29.6 Å². The number of carbonyl (C=O) groups excluding carboxylic acids is 1. The number of nitrogens with zero attached hydrogens (tertiary/aromatic N) is 1. The molecule has 1 aromatic carbocycles. The molecule has 0 radical (unpaired) electrons. The van der Waals surface area contributed by atoms with E-state index in [4.69, 9.17) is 15.2 Å². The first-order chi connectivity index (χ1) is 12.7. The van der Waals surface area contributed by atoms with Gasteiger partial charge in [-0.15, -0.1) is 11.3 Å². The third-order valence-corrected chi connectivity index (χ3v) is 4.76. The number of aromatic nitrogens is 1. The number of amides is 2. The average molecular weight is 376 g/mol. The van der Waals surface area contributed by atoms with Crippen LogP contribution in [0.4, 0.5) is 15.6 Å². The predicted octanol–water partition coefficient (Wildman–Crippen LogP) is 3.04. The van der Waals surface area contributed by atoms with E-state index in [1.54, 1.807) is 0 Å². The largest absolute Gasteiger partial charge is 0.491 e. The van der Waals surface area contributed by atoms with Crippen molar-refractivity contribution in [3.8, 4) is 5.75 Å². The summed E-state index contributed by atoms with van der Waals surface area (Å²) in [4.78, 5) is 16.1. The zero-order valence-corrected chi connectivity index (χ0v) is 15.4. The number of nitrogens with two attached hydrogens (primary N) is 1. The number of anilines is 2. The number of hydrogen-bond acceptors (Lipinski definition) is 6. The van der Waals surface area contributed by atoms with E-state index in [0.717, 1.165) is 49.4 Å². The summed E-state index contributed by atoms with van der Waals surface area (Å²) >= 11 is 1.43. The molecule has 7 nitrogen and oxygen atoms in total. The van der Waals surface area contributed by atoms with Gasteiger partial charge in [-0.05, 0) is 49.9 Å². The van der Waals surface area contributed by atoms with E-state index in [2.05, 4.69) is 15.6 Å². The quantitative estimate of drug-likeness (QED) is 0.615. The molecule has 4 N–H and O–H groups in total. The zero-order chi connectivity index (χ0) is 18.2. The molecule has 1 atom stereocenters. The number of rotatable bonds is 8. The van der Waals surface area contributed by atoms with Gasteiger partial charge in [-0.2, -0.15) is 0 Å². The lowest BCUT2D eigenvalue weighted by Crippen LogP contribution is -2.29. The lowest BCUT2D eigenvalue weighted by molar-refractivity contribution is 0.0679.